The Morgan fingerprint density at radius 3 is 2.55 bits per heavy atom. The van der Waals surface area contributed by atoms with Gasteiger partial charge in [-0.1, -0.05) is 18.2 Å². The molecule has 0 spiro atoms. The maximum atomic E-state index is 12.4. The maximum absolute atomic E-state index is 12.4. The summed E-state index contributed by atoms with van der Waals surface area (Å²) in [6.45, 7) is 0.483. The van der Waals surface area contributed by atoms with E-state index in [1.165, 1.54) is 11.3 Å². The fraction of sp³-hybridized carbons (Fsp3) is 0.240. The second kappa shape index (κ2) is 10.3. The van der Waals surface area contributed by atoms with Gasteiger partial charge in [0.15, 0.2) is 11.5 Å². The highest BCUT2D eigenvalue weighted by molar-refractivity contribution is 7.12. The summed E-state index contributed by atoms with van der Waals surface area (Å²) in [4.78, 5) is 25.3. The molecule has 170 valence electrons. The first-order chi connectivity index (χ1) is 16.1. The average Bonchev–Trinajstić information content (AvgIpc) is 3.39. The van der Waals surface area contributed by atoms with Gasteiger partial charge in [-0.15, -0.1) is 11.3 Å². The van der Waals surface area contributed by atoms with Gasteiger partial charge in [-0.25, -0.2) is 5.01 Å². The Bertz CT molecular complexity index is 1160. The van der Waals surface area contributed by atoms with Crippen molar-refractivity contribution >= 4 is 34.6 Å². The number of carbonyl (C=O) groups is 2. The molecule has 2 heterocycles. The Morgan fingerprint density at radius 2 is 1.85 bits per heavy atom. The normalized spacial score (nSPS) is 13.5. The number of thiophene rings is 1. The van der Waals surface area contributed by atoms with E-state index in [0.29, 0.717) is 42.2 Å². The average molecular weight is 464 g/mol. The molecular weight excluding hydrogens is 438 g/mol. The Morgan fingerprint density at radius 1 is 1.06 bits per heavy atom. The second-order valence-corrected chi connectivity index (χ2v) is 8.46. The second-order valence-electron chi connectivity index (χ2n) is 7.51. The lowest BCUT2D eigenvalue weighted by Gasteiger charge is -2.24. The van der Waals surface area contributed by atoms with E-state index in [9.17, 15) is 9.59 Å². The number of methoxy groups -OCH3 is 2. The van der Waals surface area contributed by atoms with E-state index in [-0.39, 0.29) is 11.8 Å². The predicted molar refractivity (Wildman–Crippen MR) is 129 cm³/mol. The van der Waals surface area contributed by atoms with Crippen LogP contribution < -0.4 is 14.8 Å². The summed E-state index contributed by atoms with van der Waals surface area (Å²) < 4.78 is 10.7. The first-order valence-corrected chi connectivity index (χ1v) is 11.5. The number of rotatable bonds is 8. The minimum absolute atomic E-state index is 0.0130. The van der Waals surface area contributed by atoms with Crippen LogP contribution in [0.5, 0.6) is 11.5 Å². The molecule has 0 unspecified atom stereocenters. The molecule has 1 aliphatic rings. The van der Waals surface area contributed by atoms with Crippen molar-refractivity contribution in [2.45, 2.75) is 19.3 Å². The Balaban J connectivity index is 1.40. The number of hydrogen-bond acceptors (Lipinski definition) is 6. The van der Waals surface area contributed by atoms with E-state index >= 15 is 0 Å². The summed E-state index contributed by atoms with van der Waals surface area (Å²) in [5.41, 5.74) is 3.56. The largest absolute Gasteiger partial charge is 0.493 e. The number of hydrazone groups is 1. The Labute approximate surface area is 196 Å². The van der Waals surface area contributed by atoms with Crippen LogP contribution in [0.4, 0.5) is 5.69 Å². The monoisotopic (exact) mass is 463 g/mol. The van der Waals surface area contributed by atoms with Gasteiger partial charge in [-0.05, 0) is 53.8 Å². The van der Waals surface area contributed by atoms with Crippen LogP contribution in [0.2, 0.25) is 0 Å². The smallest absolute Gasteiger partial charge is 0.265 e. The van der Waals surface area contributed by atoms with Gasteiger partial charge in [0, 0.05) is 30.6 Å². The molecule has 8 heteroatoms. The zero-order chi connectivity index (χ0) is 23.2. The predicted octanol–water partition coefficient (Wildman–Crippen LogP) is 4.59. The number of ether oxygens (including phenoxy) is 2. The van der Waals surface area contributed by atoms with Crippen molar-refractivity contribution in [3.63, 3.8) is 0 Å². The molecule has 0 fully saturated rings. The number of anilines is 1. The first-order valence-electron chi connectivity index (χ1n) is 10.6. The van der Waals surface area contributed by atoms with Crippen molar-refractivity contribution in [3.8, 4) is 11.5 Å². The van der Waals surface area contributed by atoms with Crippen LogP contribution in [-0.2, 0) is 11.2 Å². The van der Waals surface area contributed by atoms with E-state index in [1.807, 2.05) is 53.9 Å². The fourth-order valence-electron chi connectivity index (χ4n) is 3.59. The van der Waals surface area contributed by atoms with Gasteiger partial charge in [0.1, 0.15) is 0 Å². The standard InChI is InChI=1S/C25H25N3O4S/c1-31-21-11-7-18(16-22(21)32-2)20-10-12-24(29)28(27-20)14-13-17-5-8-19(9-6-17)26-25(30)23-4-3-15-33-23/h3-9,11,15-16H,10,12-14H2,1-2H3,(H,26,30). The fourth-order valence-corrected chi connectivity index (χ4v) is 4.21. The lowest BCUT2D eigenvalue weighted by Crippen LogP contribution is -2.33. The third-order valence-electron chi connectivity index (χ3n) is 5.39. The highest BCUT2D eigenvalue weighted by Gasteiger charge is 2.22. The van der Waals surface area contributed by atoms with Crippen LogP contribution in [0.25, 0.3) is 0 Å². The SMILES string of the molecule is COc1ccc(C2=NN(CCc3ccc(NC(=O)c4cccs4)cc3)C(=O)CC2)cc1OC. The van der Waals surface area contributed by atoms with Gasteiger partial charge in [0.25, 0.3) is 5.91 Å². The molecule has 1 aliphatic heterocycles. The first kappa shape index (κ1) is 22.5. The van der Waals surface area contributed by atoms with Crippen LogP contribution in [0.3, 0.4) is 0 Å². The molecule has 3 aromatic rings. The van der Waals surface area contributed by atoms with E-state index in [4.69, 9.17) is 9.47 Å². The molecule has 0 aliphatic carbocycles. The highest BCUT2D eigenvalue weighted by atomic mass is 32.1. The molecule has 2 aromatic carbocycles. The number of nitrogens with zero attached hydrogens (tertiary/aromatic N) is 2. The topological polar surface area (TPSA) is 80.2 Å². The molecule has 0 bridgehead atoms. The molecular formula is C25H25N3O4S. The number of benzene rings is 2. The van der Waals surface area contributed by atoms with Crippen LogP contribution in [0, 0.1) is 0 Å². The quantitative estimate of drug-likeness (QED) is 0.530. The lowest BCUT2D eigenvalue weighted by atomic mass is 10.0. The van der Waals surface area contributed by atoms with Crippen LogP contribution in [-0.4, -0.2) is 43.3 Å². The van der Waals surface area contributed by atoms with Gasteiger partial charge >= 0.3 is 0 Å². The van der Waals surface area contributed by atoms with Crippen molar-refractivity contribution in [3.05, 3.63) is 76.0 Å². The van der Waals surface area contributed by atoms with Gasteiger partial charge in [-0.2, -0.15) is 5.10 Å². The summed E-state index contributed by atoms with van der Waals surface area (Å²) >= 11 is 1.40. The summed E-state index contributed by atoms with van der Waals surface area (Å²) in [6.07, 6.45) is 1.66. The van der Waals surface area contributed by atoms with E-state index in [1.54, 1.807) is 25.3 Å². The molecule has 2 amide bonds. The van der Waals surface area contributed by atoms with Crippen LogP contribution in [0.1, 0.15) is 33.6 Å². The van der Waals surface area contributed by atoms with Gasteiger partial charge < -0.3 is 14.8 Å². The van der Waals surface area contributed by atoms with Crippen LogP contribution >= 0.6 is 11.3 Å². The third kappa shape index (κ3) is 5.40. The van der Waals surface area contributed by atoms with Crippen molar-refractivity contribution < 1.29 is 19.1 Å². The molecule has 0 atom stereocenters. The van der Waals surface area contributed by atoms with Crippen molar-refractivity contribution in [2.75, 3.05) is 26.1 Å². The number of nitrogens with one attached hydrogen (secondary N) is 1. The molecule has 0 saturated heterocycles. The molecule has 4 rings (SSSR count). The molecule has 1 N–H and O–H groups in total. The van der Waals surface area contributed by atoms with Gasteiger partial charge in [0.2, 0.25) is 5.91 Å². The van der Waals surface area contributed by atoms with Crippen molar-refractivity contribution in [2.24, 2.45) is 5.10 Å². The third-order valence-corrected chi connectivity index (χ3v) is 6.26. The zero-order valence-corrected chi connectivity index (χ0v) is 19.4. The van der Waals surface area contributed by atoms with E-state index in [0.717, 1.165) is 22.5 Å². The molecule has 1 aromatic heterocycles. The minimum Gasteiger partial charge on any atom is -0.493 e. The Hall–Kier alpha value is -3.65. The number of amides is 2. The number of carbonyl (C=O) groups excluding carboxylic acids is 2. The van der Waals surface area contributed by atoms with Gasteiger partial charge in [0.05, 0.1) is 24.8 Å². The molecule has 0 saturated carbocycles. The van der Waals surface area contributed by atoms with E-state index in [2.05, 4.69) is 10.4 Å². The Kier molecular flexibility index (Phi) is 7.04. The summed E-state index contributed by atoms with van der Waals surface area (Å²) in [5.74, 6) is 1.18. The molecule has 33 heavy (non-hydrogen) atoms. The molecule has 7 nitrogen and oxygen atoms in total. The van der Waals surface area contributed by atoms with Crippen molar-refractivity contribution in [1.29, 1.82) is 0 Å². The number of hydrogen-bond donors (Lipinski definition) is 1. The lowest BCUT2D eigenvalue weighted by molar-refractivity contribution is -0.131. The highest BCUT2D eigenvalue weighted by Crippen LogP contribution is 2.29. The summed E-state index contributed by atoms with van der Waals surface area (Å²) in [5, 5.41) is 10.9. The maximum Gasteiger partial charge on any atom is 0.265 e. The van der Waals surface area contributed by atoms with Crippen LogP contribution in [0.15, 0.2) is 65.1 Å². The summed E-state index contributed by atoms with van der Waals surface area (Å²) in [6, 6.07) is 17.0. The van der Waals surface area contributed by atoms with Crippen molar-refractivity contribution in [1.82, 2.24) is 5.01 Å². The van der Waals surface area contributed by atoms with E-state index < -0.39 is 0 Å². The minimum atomic E-state index is -0.117. The zero-order valence-electron chi connectivity index (χ0n) is 18.5. The van der Waals surface area contributed by atoms with Gasteiger partial charge in [-0.3, -0.25) is 9.59 Å². The molecule has 0 radical (unpaired) electrons. The summed E-state index contributed by atoms with van der Waals surface area (Å²) in [7, 11) is 3.19.